The number of H-pyrrole nitrogens is 2. The van der Waals surface area contributed by atoms with E-state index in [1.807, 2.05) is 24.3 Å². The van der Waals surface area contributed by atoms with Gasteiger partial charge in [-0.05, 0) is 25.5 Å². The van der Waals surface area contributed by atoms with Gasteiger partial charge in [0.05, 0.1) is 5.52 Å². The maximum absolute atomic E-state index is 12.8. The largest absolute Gasteiger partial charge is 0.295 e. The van der Waals surface area contributed by atoms with Crippen molar-refractivity contribution in [3.63, 3.8) is 0 Å². The lowest BCUT2D eigenvalue weighted by Crippen LogP contribution is -2.23. The van der Waals surface area contributed by atoms with Gasteiger partial charge in [-0.2, -0.15) is 10.1 Å². The molecule has 0 saturated carbocycles. The highest BCUT2D eigenvalue weighted by atomic mass is 16.2. The van der Waals surface area contributed by atoms with Crippen LogP contribution in [0.3, 0.4) is 0 Å². The Labute approximate surface area is 141 Å². The zero-order valence-corrected chi connectivity index (χ0v) is 13.4. The van der Waals surface area contributed by atoms with E-state index in [9.17, 15) is 9.59 Å². The van der Waals surface area contributed by atoms with Crippen LogP contribution in [0.5, 0.6) is 0 Å². The standard InChI is InChI=1S/C16H15N7O2/c1-9-10(6-7-13(24)20-16-17-8-18-21-16)15(25)23-14(19-9)11-4-2-3-5-12(11)22-23/h2-5,8,22H,6-7H2,1H3,(H2,17,18,20,21,24). The smallest absolute Gasteiger partial charge is 0.276 e. The van der Waals surface area contributed by atoms with Gasteiger partial charge in [0.2, 0.25) is 11.9 Å². The normalized spacial score (nSPS) is 11.2. The van der Waals surface area contributed by atoms with E-state index in [2.05, 4.69) is 30.6 Å². The van der Waals surface area contributed by atoms with Gasteiger partial charge in [-0.25, -0.2) is 14.6 Å². The van der Waals surface area contributed by atoms with Crippen molar-refractivity contribution in [2.75, 3.05) is 5.32 Å². The molecule has 0 atom stereocenters. The van der Waals surface area contributed by atoms with E-state index in [4.69, 9.17) is 0 Å². The highest BCUT2D eigenvalue weighted by molar-refractivity contribution is 5.92. The molecule has 4 rings (SSSR count). The van der Waals surface area contributed by atoms with E-state index in [0.29, 0.717) is 16.9 Å². The molecule has 3 heterocycles. The van der Waals surface area contributed by atoms with E-state index >= 15 is 0 Å². The maximum atomic E-state index is 12.8. The molecule has 25 heavy (non-hydrogen) atoms. The highest BCUT2D eigenvalue weighted by Crippen LogP contribution is 2.17. The van der Waals surface area contributed by atoms with Crippen LogP contribution < -0.4 is 10.9 Å². The van der Waals surface area contributed by atoms with Crippen LogP contribution in [0.1, 0.15) is 17.7 Å². The Morgan fingerprint density at radius 2 is 2.16 bits per heavy atom. The van der Waals surface area contributed by atoms with Gasteiger partial charge in [0.1, 0.15) is 6.33 Å². The van der Waals surface area contributed by atoms with Crippen LogP contribution >= 0.6 is 0 Å². The van der Waals surface area contributed by atoms with Gasteiger partial charge in [0.15, 0.2) is 5.65 Å². The summed E-state index contributed by atoms with van der Waals surface area (Å²) in [5.41, 5.74) is 2.38. The van der Waals surface area contributed by atoms with Gasteiger partial charge < -0.3 is 0 Å². The summed E-state index contributed by atoms with van der Waals surface area (Å²) in [4.78, 5) is 33.1. The first kappa shape index (κ1) is 15.1. The van der Waals surface area contributed by atoms with Crippen molar-refractivity contribution >= 4 is 28.4 Å². The number of aromatic nitrogens is 6. The molecular weight excluding hydrogens is 322 g/mol. The number of benzene rings is 1. The van der Waals surface area contributed by atoms with Gasteiger partial charge >= 0.3 is 0 Å². The summed E-state index contributed by atoms with van der Waals surface area (Å²) in [7, 11) is 0. The molecule has 126 valence electrons. The average Bonchev–Trinajstić information content (AvgIpc) is 3.22. The number of fused-ring (bicyclic) bond motifs is 3. The molecule has 0 aliphatic rings. The zero-order valence-electron chi connectivity index (χ0n) is 13.4. The first-order valence-electron chi connectivity index (χ1n) is 7.77. The molecule has 3 N–H and O–H groups in total. The Hall–Kier alpha value is -3.49. The minimum Gasteiger partial charge on any atom is -0.295 e. The lowest BCUT2D eigenvalue weighted by atomic mass is 10.1. The quantitative estimate of drug-likeness (QED) is 0.516. The minimum atomic E-state index is -0.253. The molecule has 0 aliphatic carbocycles. The molecule has 0 spiro atoms. The molecule has 0 radical (unpaired) electrons. The van der Waals surface area contributed by atoms with E-state index in [1.54, 1.807) is 6.92 Å². The third-order valence-corrected chi connectivity index (χ3v) is 4.06. The van der Waals surface area contributed by atoms with E-state index < -0.39 is 0 Å². The molecule has 4 aromatic rings. The van der Waals surface area contributed by atoms with E-state index in [0.717, 1.165) is 10.9 Å². The van der Waals surface area contributed by atoms with Gasteiger partial charge in [-0.15, -0.1) is 0 Å². The average molecular weight is 337 g/mol. The minimum absolute atomic E-state index is 0.144. The van der Waals surface area contributed by atoms with Crippen LogP contribution in [0.4, 0.5) is 5.95 Å². The third-order valence-electron chi connectivity index (χ3n) is 4.06. The molecule has 0 unspecified atom stereocenters. The number of nitrogens with one attached hydrogen (secondary N) is 3. The summed E-state index contributed by atoms with van der Waals surface area (Å²) in [6, 6.07) is 7.60. The van der Waals surface area contributed by atoms with Crippen LogP contribution in [0.2, 0.25) is 0 Å². The Morgan fingerprint density at radius 1 is 1.32 bits per heavy atom. The number of anilines is 1. The summed E-state index contributed by atoms with van der Waals surface area (Å²) in [5, 5.41) is 12.7. The second kappa shape index (κ2) is 5.86. The number of rotatable bonds is 4. The summed E-state index contributed by atoms with van der Waals surface area (Å²) in [6.45, 7) is 1.78. The highest BCUT2D eigenvalue weighted by Gasteiger charge is 2.15. The molecule has 0 aliphatic heterocycles. The molecule has 0 bridgehead atoms. The predicted octanol–water partition coefficient (Wildman–Crippen LogP) is 1.17. The summed E-state index contributed by atoms with van der Waals surface area (Å²) >= 11 is 0. The lowest BCUT2D eigenvalue weighted by molar-refractivity contribution is -0.116. The second-order valence-electron chi connectivity index (χ2n) is 5.68. The molecule has 3 aromatic heterocycles. The topological polar surface area (TPSA) is 121 Å². The van der Waals surface area contributed by atoms with Crippen LogP contribution in [-0.4, -0.2) is 35.7 Å². The molecule has 1 amide bonds. The molecule has 0 fully saturated rings. The number of carbonyl (C=O) groups excluding carboxylic acids is 1. The van der Waals surface area contributed by atoms with Crippen LogP contribution in [0, 0.1) is 6.92 Å². The zero-order chi connectivity index (χ0) is 17.4. The molecule has 9 nitrogen and oxygen atoms in total. The lowest BCUT2D eigenvalue weighted by Gasteiger charge is -2.05. The van der Waals surface area contributed by atoms with Crippen molar-refractivity contribution in [2.45, 2.75) is 19.8 Å². The van der Waals surface area contributed by atoms with Crippen molar-refractivity contribution in [1.29, 1.82) is 0 Å². The van der Waals surface area contributed by atoms with Crippen molar-refractivity contribution < 1.29 is 4.79 Å². The number of hydrogen-bond acceptors (Lipinski definition) is 5. The van der Waals surface area contributed by atoms with E-state index in [1.165, 1.54) is 10.8 Å². The number of aryl methyl sites for hydroxylation is 1. The molecule has 9 heteroatoms. The van der Waals surface area contributed by atoms with Gasteiger partial charge in [0.25, 0.3) is 5.56 Å². The van der Waals surface area contributed by atoms with Gasteiger partial charge in [-0.1, -0.05) is 12.1 Å². The van der Waals surface area contributed by atoms with Crippen molar-refractivity contribution in [3.05, 3.63) is 52.2 Å². The molecular formula is C16H15N7O2. The summed E-state index contributed by atoms with van der Waals surface area (Å²) in [5.74, 6) is 0.0277. The van der Waals surface area contributed by atoms with E-state index in [-0.39, 0.29) is 30.3 Å². The fraction of sp³-hybridized carbons (Fsp3) is 0.188. The van der Waals surface area contributed by atoms with Gasteiger partial charge in [0, 0.05) is 23.1 Å². The monoisotopic (exact) mass is 337 g/mol. The second-order valence-corrected chi connectivity index (χ2v) is 5.68. The Balaban J connectivity index is 1.64. The van der Waals surface area contributed by atoms with Crippen molar-refractivity contribution in [2.24, 2.45) is 0 Å². The number of carbonyl (C=O) groups is 1. The first-order chi connectivity index (χ1) is 12.1. The Morgan fingerprint density at radius 3 is 2.96 bits per heavy atom. The number of amides is 1. The van der Waals surface area contributed by atoms with Crippen LogP contribution in [0.15, 0.2) is 35.4 Å². The summed E-state index contributed by atoms with van der Waals surface area (Å²) < 4.78 is 1.43. The molecule has 0 saturated heterocycles. The van der Waals surface area contributed by atoms with Gasteiger partial charge in [-0.3, -0.25) is 20.0 Å². The first-order valence-corrected chi connectivity index (χ1v) is 7.77. The SMILES string of the molecule is Cc1nc2c3ccccc3[nH]n2c(=O)c1CCC(=O)Nc1ncn[nH]1. The number of para-hydroxylation sites is 1. The van der Waals surface area contributed by atoms with Crippen molar-refractivity contribution in [1.82, 2.24) is 29.8 Å². The Kier molecular flexibility index (Phi) is 3.53. The number of hydrogen-bond donors (Lipinski definition) is 3. The van der Waals surface area contributed by atoms with Crippen LogP contribution in [-0.2, 0) is 11.2 Å². The van der Waals surface area contributed by atoms with Crippen LogP contribution in [0.25, 0.3) is 16.6 Å². The fourth-order valence-electron chi connectivity index (χ4n) is 2.83. The Bertz CT molecular complexity index is 1120. The predicted molar refractivity (Wildman–Crippen MR) is 91.4 cm³/mol. The summed E-state index contributed by atoms with van der Waals surface area (Å²) in [6.07, 6.45) is 1.74. The maximum Gasteiger partial charge on any atom is 0.276 e. The van der Waals surface area contributed by atoms with Crippen molar-refractivity contribution in [3.8, 4) is 0 Å². The fourth-order valence-corrected chi connectivity index (χ4v) is 2.83. The molecule has 1 aromatic carbocycles. The number of nitrogens with zero attached hydrogens (tertiary/aromatic N) is 4. The third kappa shape index (κ3) is 2.65. The number of aromatic amines is 2.